The number of imidazole rings is 1. The third-order valence-electron chi connectivity index (χ3n) is 6.26. The minimum Gasteiger partial charge on any atom is -0.368 e. The molecule has 1 N–H and O–H groups in total. The maximum absolute atomic E-state index is 13.2. The van der Waals surface area contributed by atoms with Crippen molar-refractivity contribution in [2.75, 3.05) is 18.5 Å². The van der Waals surface area contributed by atoms with E-state index in [1.807, 2.05) is 46.3 Å². The van der Waals surface area contributed by atoms with Crippen LogP contribution in [0.1, 0.15) is 37.7 Å². The minimum atomic E-state index is -0.0238. The summed E-state index contributed by atoms with van der Waals surface area (Å²) in [4.78, 5) is 31.5. The second-order valence-corrected chi connectivity index (χ2v) is 9.45. The lowest BCUT2D eigenvalue weighted by atomic mass is 10.2. The predicted molar refractivity (Wildman–Crippen MR) is 136 cm³/mol. The largest absolute Gasteiger partial charge is 0.368 e. The van der Waals surface area contributed by atoms with Crippen molar-refractivity contribution in [3.8, 4) is 5.69 Å². The van der Waals surface area contributed by atoms with Gasteiger partial charge in [-0.1, -0.05) is 18.2 Å². The number of hydrogen-bond acceptors (Lipinski definition) is 8. The molecule has 0 saturated carbocycles. The second kappa shape index (κ2) is 9.55. The second-order valence-electron chi connectivity index (χ2n) is 8.54. The summed E-state index contributed by atoms with van der Waals surface area (Å²) < 4.78 is 10.3. The number of para-hydroxylation sites is 1. The van der Waals surface area contributed by atoms with Gasteiger partial charge in [0.1, 0.15) is 23.1 Å². The molecule has 1 aliphatic rings. The lowest BCUT2D eigenvalue weighted by Gasteiger charge is -2.23. The van der Waals surface area contributed by atoms with Crippen molar-refractivity contribution < 1.29 is 4.74 Å². The first kappa shape index (κ1) is 21.9. The zero-order valence-electron chi connectivity index (χ0n) is 19.1. The van der Waals surface area contributed by atoms with Gasteiger partial charge in [-0.2, -0.15) is 0 Å². The monoisotopic (exact) mass is 487 g/mol. The highest BCUT2D eigenvalue weighted by atomic mass is 32.1. The standard InChI is InChI=1S/C25H25N7O2S/c33-25-22-18(11-14-35-22)30-19(32(25)17-7-2-1-3-8-17)9-6-12-26-23-21-24(28-15-27-23)31(16-29-21)20-10-4-5-13-34-20/h1-3,7-8,11,14-16,20H,4-6,9-10,12-13H2,(H,26,27,28). The fraction of sp³-hybridized carbons (Fsp3) is 0.320. The van der Waals surface area contributed by atoms with Crippen LogP contribution in [0.2, 0.25) is 0 Å². The van der Waals surface area contributed by atoms with Gasteiger partial charge in [-0.05, 0) is 49.3 Å². The summed E-state index contributed by atoms with van der Waals surface area (Å²) in [6.45, 7) is 1.42. The number of ether oxygens (including phenoxy) is 1. The van der Waals surface area contributed by atoms with Crippen LogP contribution in [0.15, 0.2) is 59.2 Å². The molecule has 1 fully saturated rings. The highest BCUT2D eigenvalue weighted by Gasteiger charge is 2.20. The summed E-state index contributed by atoms with van der Waals surface area (Å²) in [5.74, 6) is 1.45. The van der Waals surface area contributed by atoms with Crippen LogP contribution in [0.4, 0.5) is 5.82 Å². The van der Waals surface area contributed by atoms with Gasteiger partial charge in [0.2, 0.25) is 0 Å². The first-order chi connectivity index (χ1) is 17.3. The topological polar surface area (TPSA) is 99.8 Å². The average Bonchev–Trinajstić information content (AvgIpc) is 3.56. The Hall–Kier alpha value is -3.63. The van der Waals surface area contributed by atoms with Crippen LogP contribution in [0, 0.1) is 0 Å². The molecule has 1 saturated heterocycles. The number of benzene rings is 1. The quantitative estimate of drug-likeness (QED) is 0.341. The van der Waals surface area contributed by atoms with E-state index in [4.69, 9.17) is 9.72 Å². The van der Waals surface area contributed by atoms with Gasteiger partial charge >= 0.3 is 0 Å². The summed E-state index contributed by atoms with van der Waals surface area (Å²) in [5, 5.41) is 5.31. The lowest BCUT2D eigenvalue weighted by molar-refractivity contribution is -0.0298. The van der Waals surface area contributed by atoms with Crippen LogP contribution in [0.25, 0.3) is 27.1 Å². The maximum atomic E-state index is 13.2. The van der Waals surface area contributed by atoms with E-state index in [-0.39, 0.29) is 11.8 Å². The molecular weight excluding hydrogens is 462 g/mol. The van der Waals surface area contributed by atoms with Crippen LogP contribution in [0.3, 0.4) is 0 Å². The highest BCUT2D eigenvalue weighted by molar-refractivity contribution is 7.17. The van der Waals surface area contributed by atoms with Crippen LogP contribution in [-0.4, -0.2) is 42.2 Å². The fourth-order valence-electron chi connectivity index (χ4n) is 4.56. The van der Waals surface area contributed by atoms with Gasteiger partial charge in [0.25, 0.3) is 5.56 Å². The molecule has 5 aromatic rings. The smallest absolute Gasteiger partial charge is 0.276 e. The number of aromatic nitrogens is 6. The van der Waals surface area contributed by atoms with E-state index in [0.29, 0.717) is 23.5 Å². The van der Waals surface area contributed by atoms with Gasteiger partial charge in [-0.3, -0.25) is 13.9 Å². The fourth-order valence-corrected chi connectivity index (χ4v) is 5.32. The van der Waals surface area contributed by atoms with Crippen molar-refractivity contribution in [1.82, 2.24) is 29.1 Å². The van der Waals surface area contributed by atoms with E-state index in [1.165, 1.54) is 11.3 Å². The van der Waals surface area contributed by atoms with Crippen molar-refractivity contribution in [3.63, 3.8) is 0 Å². The Bertz CT molecular complexity index is 1520. The third-order valence-corrected chi connectivity index (χ3v) is 7.15. The number of fused-ring (bicyclic) bond motifs is 2. The first-order valence-corrected chi connectivity index (χ1v) is 12.7. The van der Waals surface area contributed by atoms with Gasteiger partial charge in [0.05, 0.1) is 17.5 Å². The Morgan fingerprint density at radius 2 is 2.03 bits per heavy atom. The van der Waals surface area contributed by atoms with Crippen LogP contribution >= 0.6 is 11.3 Å². The van der Waals surface area contributed by atoms with Gasteiger partial charge in [0, 0.05) is 19.6 Å². The molecule has 1 unspecified atom stereocenters. The van der Waals surface area contributed by atoms with E-state index in [1.54, 1.807) is 17.2 Å². The normalized spacial score (nSPS) is 16.2. The Morgan fingerprint density at radius 1 is 1.11 bits per heavy atom. The van der Waals surface area contributed by atoms with Gasteiger partial charge in [-0.25, -0.2) is 19.9 Å². The Morgan fingerprint density at radius 3 is 2.89 bits per heavy atom. The van der Waals surface area contributed by atoms with Crippen LogP contribution in [0.5, 0.6) is 0 Å². The third kappa shape index (κ3) is 4.19. The average molecular weight is 488 g/mol. The zero-order valence-corrected chi connectivity index (χ0v) is 19.9. The predicted octanol–water partition coefficient (Wildman–Crippen LogP) is 4.33. The van der Waals surface area contributed by atoms with Crippen molar-refractivity contribution in [2.24, 2.45) is 0 Å². The molecule has 4 aromatic heterocycles. The van der Waals surface area contributed by atoms with Crippen molar-refractivity contribution in [2.45, 2.75) is 38.3 Å². The van der Waals surface area contributed by atoms with E-state index < -0.39 is 0 Å². The van der Waals surface area contributed by atoms with Gasteiger partial charge in [-0.15, -0.1) is 11.3 Å². The number of nitrogens with zero attached hydrogens (tertiary/aromatic N) is 6. The van der Waals surface area contributed by atoms with Gasteiger partial charge < -0.3 is 10.1 Å². The molecule has 1 aromatic carbocycles. The molecule has 9 nitrogen and oxygen atoms in total. The molecule has 0 radical (unpaired) electrons. The zero-order chi connectivity index (χ0) is 23.6. The number of hydrogen-bond donors (Lipinski definition) is 1. The van der Waals surface area contributed by atoms with E-state index >= 15 is 0 Å². The highest BCUT2D eigenvalue weighted by Crippen LogP contribution is 2.27. The van der Waals surface area contributed by atoms with Gasteiger partial charge in [0.15, 0.2) is 17.0 Å². The van der Waals surface area contributed by atoms with Crippen molar-refractivity contribution in [3.05, 3.63) is 70.6 Å². The van der Waals surface area contributed by atoms with Crippen LogP contribution < -0.4 is 10.9 Å². The number of nitrogens with one attached hydrogen (secondary N) is 1. The SMILES string of the molecule is O=c1c2sccc2nc(CCCNc2ncnc3c2ncn3C2CCCCO2)n1-c1ccccc1. The van der Waals surface area contributed by atoms with Crippen molar-refractivity contribution in [1.29, 1.82) is 0 Å². The lowest BCUT2D eigenvalue weighted by Crippen LogP contribution is -2.23. The number of rotatable bonds is 7. The molecule has 35 heavy (non-hydrogen) atoms. The minimum absolute atomic E-state index is 0.0212. The summed E-state index contributed by atoms with van der Waals surface area (Å²) in [7, 11) is 0. The summed E-state index contributed by atoms with van der Waals surface area (Å²) in [6, 6.07) is 11.6. The van der Waals surface area contributed by atoms with Crippen LogP contribution in [-0.2, 0) is 11.2 Å². The molecular formula is C25H25N7O2S. The Balaban J connectivity index is 1.21. The maximum Gasteiger partial charge on any atom is 0.276 e. The summed E-state index contributed by atoms with van der Waals surface area (Å²) in [5.41, 5.74) is 3.07. The molecule has 0 spiro atoms. The Labute approximate surface area is 205 Å². The van der Waals surface area contributed by atoms with E-state index in [9.17, 15) is 4.79 Å². The molecule has 10 heteroatoms. The molecule has 178 valence electrons. The van der Waals surface area contributed by atoms with E-state index in [2.05, 4.69) is 20.3 Å². The Kier molecular flexibility index (Phi) is 5.97. The molecule has 5 heterocycles. The summed E-state index contributed by atoms with van der Waals surface area (Å²) >= 11 is 1.43. The molecule has 0 bridgehead atoms. The van der Waals surface area contributed by atoms with Crippen molar-refractivity contribution >= 4 is 38.5 Å². The number of anilines is 1. The molecule has 1 atom stereocenters. The molecule has 1 aliphatic heterocycles. The first-order valence-electron chi connectivity index (χ1n) is 11.9. The summed E-state index contributed by atoms with van der Waals surface area (Å²) in [6.07, 6.45) is 7.93. The number of aryl methyl sites for hydroxylation is 1. The van der Waals surface area contributed by atoms with E-state index in [0.717, 1.165) is 60.5 Å². The molecule has 0 aliphatic carbocycles. The number of thiophene rings is 1. The molecule has 6 rings (SSSR count). The molecule has 0 amide bonds.